The highest BCUT2D eigenvalue weighted by molar-refractivity contribution is 5.66. The molecule has 132 valence electrons. The molecular formula is C23H30N2. The van der Waals surface area contributed by atoms with Gasteiger partial charge in [0.2, 0.25) is 0 Å². The van der Waals surface area contributed by atoms with Crippen molar-refractivity contribution in [3.63, 3.8) is 0 Å². The predicted octanol–water partition coefficient (Wildman–Crippen LogP) is 5.76. The van der Waals surface area contributed by atoms with E-state index < -0.39 is 0 Å². The lowest BCUT2D eigenvalue weighted by molar-refractivity contribution is 0.505. The van der Waals surface area contributed by atoms with Gasteiger partial charge in [-0.1, -0.05) is 63.6 Å². The number of pyridine rings is 1. The number of rotatable bonds is 3. The molecule has 3 rings (SSSR count). The van der Waals surface area contributed by atoms with Crippen LogP contribution in [0.1, 0.15) is 57.7 Å². The van der Waals surface area contributed by atoms with Crippen LogP contribution in [0.3, 0.4) is 0 Å². The molecule has 0 atom stereocenters. The summed E-state index contributed by atoms with van der Waals surface area (Å²) in [4.78, 5) is 6.92. The predicted molar refractivity (Wildman–Crippen MR) is 107 cm³/mol. The van der Waals surface area contributed by atoms with Gasteiger partial charge in [-0.3, -0.25) is 0 Å². The Bertz CT molecular complexity index is 827. The van der Waals surface area contributed by atoms with Crippen molar-refractivity contribution in [1.29, 1.82) is 0 Å². The molecule has 25 heavy (non-hydrogen) atoms. The number of hydrogen-bond donors (Lipinski definition) is 0. The van der Waals surface area contributed by atoms with Gasteiger partial charge < -0.3 is 4.90 Å². The van der Waals surface area contributed by atoms with Crippen LogP contribution in [0, 0.1) is 6.92 Å². The molecular weight excluding hydrogens is 304 g/mol. The molecule has 2 nitrogen and oxygen atoms in total. The normalized spacial score (nSPS) is 18.3. The van der Waals surface area contributed by atoms with E-state index in [-0.39, 0.29) is 10.8 Å². The minimum atomic E-state index is -0.00968. The molecule has 2 heterocycles. The molecule has 1 aromatic carbocycles. The van der Waals surface area contributed by atoms with Crippen LogP contribution in [-0.2, 0) is 10.8 Å². The van der Waals surface area contributed by atoms with Crippen molar-refractivity contribution in [2.24, 2.45) is 0 Å². The lowest BCUT2D eigenvalue weighted by atomic mass is 9.74. The van der Waals surface area contributed by atoms with E-state index in [1.54, 1.807) is 0 Å². The van der Waals surface area contributed by atoms with Gasteiger partial charge in [0.1, 0.15) is 5.82 Å². The van der Waals surface area contributed by atoms with E-state index in [1.807, 2.05) is 12.3 Å². The third kappa shape index (κ3) is 2.88. The molecule has 1 aromatic heterocycles. The molecule has 0 bridgehead atoms. The third-order valence-electron chi connectivity index (χ3n) is 5.69. The fraction of sp³-hybridized carbons (Fsp3) is 0.435. The van der Waals surface area contributed by atoms with Crippen LogP contribution in [0.4, 0.5) is 5.82 Å². The summed E-state index contributed by atoms with van der Waals surface area (Å²) in [5.74, 6) is 1.09. The monoisotopic (exact) mass is 334 g/mol. The Labute approximate surface area is 152 Å². The van der Waals surface area contributed by atoms with E-state index in [2.05, 4.69) is 88.8 Å². The number of benzene rings is 1. The lowest BCUT2D eigenvalue weighted by Crippen LogP contribution is -2.27. The Kier molecular flexibility index (Phi) is 4.26. The van der Waals surface area contributed by atoms with E-state index in [0.29, 0.717) is 0 Å². The highest BCUT2D eigenvalue weighted by Crippen LogP contribution is 2.48. The highest BCUT2D eigenvalue weighted by Gasteiger charge is 2.41. The van der Waals surface area contributed by atoms with E-state index in [9.17, 15) is 0 Å². The van der Waals surface area contributed by atoms with Gasteiger partial charge in [0.05, 0.1) is 0 Å². The number of fused-ring (bicyclic) bond motifs is 1. The van der Waals surface area contributed by atoms with Gasteiger partial charge >= 0.3 is 0 Å². The van der Waals surface area contributed by atoms with E-state index in [1.165, 1.54) is 28.0 Å². The molecule has 0 spiro atoms. The van der Waals surface area contributed by atoms with Gasteiger partial charge in [0.15, 0.2) is 0 Å². The van der Waals surface area contributed by atoms with Gasteiger partial charge in [0, 0.05) is 29.9 Å². The van der Waals surface area contributed by atoms with E-state index in [0.717, 1.165) is 12.2 Å². The summed E-state index contributed by atoms with van der Waals surface area (Å²) in [7, 11) is 2.15. The average molecular weight is 335 g/mol. The molecule has 0 radical (unpaired) electrons. The fourth-order valence-corrected chi connectivity index (χ4v) is 4.80. The summed E-state index contributed by atoms with van der Waals surface area (Å²) in [6.07, 6.45) is 2.93. The Morgan fingerprint density at radius 3 is 2.44 bits per heavy atom. The first-order valence-corrected chi connectivity index (χ1v) is 9.12. The highest BCUT2D eigenvalue weighted by atomic mass is 15.2. The number of allylic oxidation sites excluding steroid dienone is 2. The van der Waals surface area contributed by atoms with E-state index in [4.69, 9.17) is 0 Å². The Morgan fingerprint density at radius 1 is 1.12 bits per heavy atom. The standard InChI is InChI=1S/C23H30N2/c1-16-11-8-9-12-18(16)22(3,4)15-17(2)20-23(5,6)19-13-10-14-24-21(19)25(20)7/h8-14H,15H2,1-7H3. The van der Waals surface area contributed by atoms with Crippen LogP contribution < -0.4 is 4.90 Å². The first-order chi connectivity index (χ1) is 11.7. The minimum absolute atomic E-state index is 0.00968. The molecule has 2 aromatic rings. The molecule has 0 saturated heterocycles. The van der Waals surface area contributed by atoms with Crippen LogP contribution in [0.25, 0.3) is 0 Å². The second-order valence-corrected chi connectivity index (χ2v) is 8.56. The van der Waals surface area contributed by atoms with Crippen molar-refractivity contribution in [3.05, 3.63) is 70.6 Å². The zero-order valence-corrected chi connectivity index (χ0v) is 16.6. The summed E-state index contributed by atoms with van der Waals surface area (Å²) in [5, 5.41) is 0. The molecule has 0 N–H and O–H groups in total. The van der Waals surface area contributed by atoms with Crippen molar-refractivity contribution < 1.29 is 0 Å². The molecule has 0 unspecified atom stereocenters. The maximum atomic E-state index is 4.63. The van der Waals surface area contributed by atoms with Gasteiger partial charge in [-0.05, 0) is 42.9 Å². The van der Waals surface area contributed by atoms with Crippen LogP contribution in [0.5, 0.6) is 0 Å². The van der Waals surface area contributed by atoms with Crippen LogP contribution in [-0.4, -0.2) is 12.0 Å². The van der Waals surface area contributed by atoms with E-state index >= 15 is 0 Å². The summed E-state index contributed by atoms with van der Waals surface area (Å²) < 4.78 is 0. The second-order valence-electron chi connectivity index (χ2n) is 8.56. The quantitative estimate of drug-likeness (QED) is 0.709. The number of hydrogen-bond acceptors (Lipinski definition) is 2. The average Bonchev–Trinajstić information content (AvgIpc) is 2.74. The first-order valence-electron chi connectivity index (χ1n) is 9.12. The van der Waals surface area contributed by atoms with Crippen LogP contribution in [0.15, 0.2) is 53.9 Å². The maximum absolute atomic E-state index is 4.63. The third-order valence-corrected chi connectivity index (χ3v) is 5.69. The fourth-order valence-electron chi connectivity index (χ4n) is 4.80. The molecule has 1 aliphatic heterocycles. The summed E-state index contributed by atoms with van der Waals surface area (Å²) in [6, 6.07) is 13.0. The maximum Gasteiger partial charge on any atom is 0.136 e. The van der Waals surface area contributed by atoms with Gasteiger partial charge in [-0.25, -0.2) is 4.98 Å². The number of aryl methyl sites for hydroxylation is 1. The summed E-state index contributed by atoms with van der Waals surface area (Å²) in [6.45, 7) is 13.8. The number of aromatic nitrogens is 1. The number of anilines is 1. The van der Waals surface area contributed by atoms with Crippen LogP contribution in [0.2, 0.25) is 0 Å². The van der Waals surface area contributed by atoms with Crippen molar-refractivity contribution in [1.82, 2.24) is 4.98 Å². The Balaban J connectivity index is 2.03. The lowest BCUT2D eigenvalue weighted by Gasteiger charge is -2.32. The molecule has 0 fully saturated rings. The second kappa shape index (κ2) is 6.01. The Morgan fingerprint density at radius 2 is 1.80 bits per heavy atom. The first kappa shape index (κ1) is 17.7. The number of nitrogens with zero attached hydrogens (tertiary/aromatic N) is 2. The summed E-state index contributed by atoms with van der Waals surface area (Å²) in [5.41, 5.74) is 7.05. The zero-order chi connectivity index (χ0) is 18.4. The summed E-state index contributed by atoms with van der Waals surface area (Å²) >= 11 is 0. The van der Waals surface area contributed by atoms with Crippen molar-refractivity contribution in [2.75, 3.05) is 11.9 Å². The van der Waals surface area contributed by atoms with Gasteiger partial charge in [-0.15, -0.1) is 0 Å². The van der Waals surface area contributed by atoms with Crippen molar-refractivity contribution in [2.45, 2.75) is 58.8 Å². The smallest absolute Gasteiger partial charge is 0.136 e. The SMILES string of the molecule is CC(CC(C)(C)c1ccccc1C)=C1N(C)c2ncccc2C1(C)C. The molecule has 0 aliphatic carbocycles. The Hall–Kier alpha value is -2.09. The van der Waals surface area contributed by atoms with Crippen molar-refractivity contribution >= 4 is 5.82 Å². The van der Waals surface area contributed by atoms with Gasteiger partial charge in [0.25, 0.3) is 0 Å². The topological polar surface area (TPSA) is 16.1 Å². The van der Waals surface area contributed by atoms with Crippen LogP contribution >= 0.6 is 0 Å². The molecule has 1 aliphatic rings. The largest absolute Gasteiger partial charge is 0.332 e. The number of likely N-dealkylation sites (N-methyl/N-ethyl adjacent to an activating group) is 1. The molecule has 2 heteroatoms. The minimum Gasteiger partial charge on any atom is -0.332 e. The molecule has 0 saturated carbocycles. The van der Waals surface area contributed by atoms with Crippen molar-refractivity contribution in [3.8, 4) is 0 Å². The zero-order valence-electron chi connectivity index (χ0n) is 16.6. The molecule has 0 amide bonds. The van der Waals surface area contributed by atoms with Gasteiger partial charge in [-0.2, -0.15) is 0 Å².